The summed E-state index contributed by atoms with van der Waals surface area (Å²) in [5.41, 5.74) is 2.62. The number of aryl methyl sites for hydroxylation is 1. The maximum atomic E-state index is 12.5. The molecule has 0 atom stereocenters. The largest absolute Gasteiger partial charge is 0.497 e. The Labute approximate surface area is 119 Å². The summed E-state index contributed by atoms with van der Waals surface area (Å²) in [4.78, 5) is 17.5. The van der Waals surface area contributed by atoms with E-state index in [4.69, 9.17) is 4.74 Å². The van der Waals surface area contributed by atoms with Crippen molar-refractivity contribution in [3.63, 3.8) is 0 Å². The van der Waals surface area contributed by atoms with E-state index in [9.17, 15) is 4.79 Å². The Bertz CT molecular complexity index is 616. The van der Waals surface area contributed by atoms with Crippen LogP contribution >= 0.6 is 0 Å². The Morgan fingerprint density at radius 3 is 2.80 bits per heavy atom. The number of unbranched alkanes of at least 4 members (excludes halogenated alkanes) is 1. The fraction of sp³-hybridized carbons (Fsp3) is 0.438. The van der Waals surface area contributed by atoms with Crippen LogP contribution in [0.1, 0.15) is 35.8 Å². The second-order valence-electron chi connectivity index (χ2n) is 5.12. The highest BCUT2D eigenvalue weighted by Gasteiger charge is 2.18. The molecule has 108 valence electrons. The number of fused-ring (bicyclic) bond motifs is 1. The van der Waals surface area contributed by atoms with Crippen molar-refractivity contribution in [3.8, 4) is 5.75 Å². The number of H-pyrrole nitrogens is 1. The quantitative estimate of drug-likeness (QED) is 0.908. The molecule has 0 unspecified atom stereocenters. The second-order valence-corrected chi connectivity index (χ2v) is 5.12. The number of benzene rings is 1. The van der Waals surface area contributed by atoms with E-state index < -0.39 is 0 Å². The van der Waals surface area contributed by atoms with Crippen LogP contribution in [-0.4, -0.2) is 36.5 Å². The van der Waals surface area contributed by atoms with Gasteiger partial charge in [-0.3, -0.25) is 4.79 Å². The van der Waals surface area contributed by atoms with Gasteiger partial charge in [0.1, 0.15) is 11.4 Å². The Balaban J connectivity index is 2.35. The molecule has 1 N–H and O–H groups in total. The van der Waals surface area contributed by atoms with E-state index in [-0.39, 0.29) is 5.91 Å². The highest BCUT2D eigenvalue weighted by atomic mass is 16.5. The third-order valence-corrected chi connectivity index (χ3v) is 3.67. The van der Waals surface area contributed by atoms with Gasteiger partial charge < -0.3 is 14.6 Å². The molecule has 0 radical (unpaired) electrons. The molecule has 0 aliphatic heterocycles. The van der Waals surface area contributed by atoms with Crippen molar-refractivity contribution in [1.82, 2.24) is 9.88 Å². The molecular weight excluding hydrogens is 252 g/mol. The molecule has 1 amide bonds. The summed E-state index contributed by atoms with van der Waals surface area (Å²) in [7, 11) is 3.50. The number of methoxy groups -OCH3 is 1. The first-order valence-electron chi connectivity index (χ1n) is 7.00. The molecule has 0 spiro atoms. The van der Waals surface area contributed by atoms with Crippen LogP contribution in [0.2, 0.25) is 0 Å². The van der Waals surface area contributed by atoms with Crippen molar-refractivity contribution >= 4 is 16.8 Å². The van der Waals surface area contributed by atoms with Gasteiger partial charge in [0.2, 0.25) is 0 Å². The van der Waals surface area contributed by atoms with Crippen molar-refractivity contribution in [1.29, 1.82) is 0 Å². The molecule has 0 fully saturated rings. The Kier molecular flexibility index (Phi) is 4.32. The molecule has 2 rings (SSSR count). The van der Waals surface area contributed by atoms with Gasteiger partial charge in [-0.15, -0.1) is 0 Å². The molecule has 4 nitrogen and oxygen atoms in total. The first kappa shape index (κ1) is 14.4. The van der Waals surface area contributed by atoms with Crippen LogP contribution in [-0.2, 0) is 0 Å². The molecule has 1 aromatic heterocycles. The number of nitrogens with one attached hydrogen (secondary N) is 1. The molecule has 20 heavy (non-hydrogen) atoms. The molecule has 1 heterocycles. The Morgan fingerprint density at radius 2 is 2.15 bits per heavy atom. The van der Waals surface area contributed by atoms with Crippen LogP contribution in [0.15, 0.2) is 18.2 Å². The van der Waals surface area contributed by atoms with E-state index in [0.717, 1.165) is 41.6 Å². The van der Waals surface area contributed by atoms with Gasteiger partial charge in [0, 0.05) is 24.5 Å². The lowest BCUT2D eigenvalue weighted by Crippen LogP contribution is -2.28. The summed E-state index contributed by atoms with van der Waals surface area (Å²) in [6.45, 7) is 4.88. The second kappa shape index (κ2) is 5.99. The van der Waals surface area contributed by atoms with E-state index in [2.05, 4.69) is 11.9 Å². The van der Waals surface area contributed by atoms with Crippen LogP contribution in [0.5, 0.6) is 5.75 Å². The third-order valence-electron chi connectivity index (χ3n) is 3.67. The number of amides is 1. The summed E-state index contributed by atoms with van der Waals surface area (Å²) < 4.78 is 5.24. The van der Waals surface area contributed by atoms with Crippen LogP contribution < -0.4 is 4.74 Å². The molecule has 0 aliphatic carbocycles. The van der Waals surface area contributed by atoms with Crippen molar-refractivity contribution in [2.45, 2.75) is 26.7 Å². The first-order chi connectivity index (χ1) is 9.58. The average molecular weight is 274 g/mol. The van der Waals surface area contributed by atoms with Gasteiger partial charge in [-0.25, -0.2) is 0 Å². The number of carbonyl (C=O) groups is 1. The molecular formula is C16H22N2O2. The number of nitrogens with zero attached hydrogens (tertiary/aromatic N) is 1. The number of hydrogen-bond acceptors (Lipinski definition) is 2. The SMILES string of the molecule is CCCCN(C)C(=O)c1[nH]c2ccc(OC)cc2c1C. The minimum atomic E-state index is 0.0473. The lowest BCUT2D eigenvalue weighted by atomic mass is 10.1. The zero-order chi connectivity index (χ0) is 14.7. The summed E-state index contributed by atoms with van der Waals surface area (Å²) in [5, 5.41) is 1.04. The van der Waals surface area contributed by atoms with Gasteiger partial charge in [0.25, 0.3) is 5.91 Å². The van der Waals surface area contributed by atoms with Gasteiger partial charge in [-0.2, -0.15) is 0 Å². The number of aromatic amines is 1. The predicted octanol–water partition coefficient (Wildman–Crippen LogP) is 3.36. The molecule has 0 saturated heterocycles. The van der Waals surface area contributed by atoms with Crippen molar-refractivity contribution in [2.75, 3.05) is 20.7 Å². The van der Waals surface area contributed by atoms with Crippen molar-refractivity contribution < 1.29 is 9.53 Å². The van der Waals surface area contributed by atoms with E-state index in [1.54, 1.807) is 12.0 Å². The molecule has 1 aromatic carbocycles. The number of rotatable bonds is 5. The van der Waals surface area contributed by atoms with E-state index in [0.29, 0.717) is 5.69 Å². The summed E-state index contributed by atoms with van der Waals surface area (Å²) in [5.74, 6) is 0.851. The van der Waals surface area contributed by atoms with Crippen molar-refractivity contribution in [3.05, 3.63) is 29.5 Å². The maximum absolute atomic E-state index is 12.5. The Morgan fingerprint density at radius 1 is 1.40 bits per heavy atom. The third kappa shape index (κ3) is 2.64. The predicted molar refractivity (Wildman–Crippen MR) is 81.5 cm³/mol. The number of hydrogen-bond donors (Lipinski definition) is 1. The topological polar surface area (TPSA) is 45.3 Å². The minimum absolute atomic E-state index is 0.0473. The summed E-state index contributed by atoms with van der Waals surface area (Å²) in [6.07, 6.45) is 2.11. The highest BCUT2D eigenvalue weighted by molar-refractivity contribution is 6.01. The molecule has 0 aliphatic rings. The van der Waals surface area contributed by atoms with E-state index >= 15 is 0 Å². The van der Waals surface area contributed by atoms with Gasteiger partial charge in [0.15, 0.2) is 0 Å². The van der Waals surface area contributed by atoms with Gasteiger partial charge in [0.05, 0.1) is 7.11 Å². The Hall–Kier alpha value is -1.97. The number of aromatic nitrogens is 1. The maximum Gasteiger partial charge on any atom is 0.270 e. The molecule has 4 heteroatoms. The van der Waals surface area contributed by atoms with Crippen LogP contribution in [0.3, 0.4) is 0 Å². The normalized spacial score (nSPS) is 10.8. The van der Waals surface area contributed by atoms with E-state index in [1.807, 2.05) is 32.2 Å². The highest BCUT2D eigenvalue weighted by Crippen LogP contribution is 2.26. The minimum Gasteiger partial charge on any atom is -0.497 e. The van der Waals surface area contributed by atoms with Gasteiger partial charge >= 0.3 is 0 Å². The fourth-order valence-corrected chi connectivity index (χ4v) is 2.33. The lowest BCUT2D eigenvalue weighted by Gasteiger charge is -2.16. The molecule has 0 bridgehead atoms. The molecule has 2 aromatic rings. The van der Waals surface area contributed by atoms with Gasteiger partial charge in [-0.05, 0) is 37.1 Å². The van der Waals surface area contributed by atoms with Crippen molar-refractivity contribution in [2.24, 2.45) is 0 Å². The zero-order valence-electron chi connectivity index (χ0n) is 12.6. The standard InChI is InChI=1S/C16H22N2O2/c1-5-6-9-18(3)16(19)15-11(2)13-10-12(20-4)7-8-14(13)17-15/h7-8,10,17H,5-6,9H2,1-4H3. The van der Waals surface area contributed by atoms with Gasteiger partial charge in [-0.1, -0.05) is 13.3 Å². The lowest BCUT2D eigenvalue weighted by molar-refractivity contribution is 0.0788. The van der Waals surface area contributed by atoms with Crippen LogP contribution in [0.25, 0.3) is 10.9 Å². The number of carbonyl (C=O) groups excluding carboxylic acids is 1. The fourth-order valence-electron chi connectivity index (χ4n) is 2.33. The smallest absolute Gasteiger partial charge is 0.270 e. The average Bonchev–Trinajstić information content (AvgIpc) is 2.80. The monoisotopic (exact) mass is 274 g/mol. The first-order valence-corrected chi connectivity index (χ1v) is 7.00. The van der Waals surface area contributed by atoms with E-state index in [1.165, 1.54) is 0 Å². The summed E-state index contributed by atoms with van der Waals surface area (Å²) >= 11 is 0. The van der Waals surface area contributed by atoms with Crippen LogP contribution in [0.4, 0.5) is 0 Å². The summed E-state index contributed by atoms with van der Waals surface area (Å²) in [6, 6.07) is 5.81. The molecule has 0 saturated carbocycles. The van der Waals surface area contributed by atoms with Crippen LogP contribution in [0, 0.1) is 6.92 Å². The number of ether oxygens (including phenoxy) is 1. The zero-order valence-corrected chi connectivity index (χ0v) is 12.6.